The Labute approximate surface area is 218 Å². The van der Waals surface area contributed by atoms with Crippen LogP contribution in [0.25, 0.3) is 40.1 Å². The van der Waals surface area contributed by atoms with Crippen LogP contribution in [-0.2, 0) is 4.74 Å². The van der Waals surface area contributed by atoms with Crippen molar-refractivity contribution in [3.63, 3.8) is 0 Å². The van der Waals surface area contributed by atoms with Crippen molar-refractivity contribution in [2.24, 2.45) is 0 Å². The number of anilines is 1. The average molecular weight is 515 g/mol. The van der Waals surface area contributed by atoms with Crippen LogP contribution in [0.15, 0.2) is 67.1 Å². The van der Waals surface area contributed by atoms with Crippen molar-refractivity contribution in [2.75, 3.05) is 31.2 Å². The lowest BCUT2D eigenvalue weighted by molar-refractivity contribution is 0.0696. The van der Waals surface area contributed by atoms with Gasteiger partial charge in [0.2, 0.25) is 0 Å². The van der Waals surface area contributed by atoms with E-state index in [0.717, 1.165) is 46.9 Å². The Bertz CT molecular complexity index is 1610. The van der Waals surface area contributed by atoms with Crippen LogP contribution in [-0.4, -0.2) is 61.7 Å². The van der Waals surface area contributed by atoms with Gasteiger partial charge < -0.3 is 14.7 Å². The van der Waals surface area contributed by atoms with Gasteiger partial charge in [-0.2, -0.15) is 0 Å². The lowest BCUT2D eigenvalue weighted by atomic mass is 10.2. The first-order valence-corrected chi connectivity index (χ1v) is 11.6. The highest BCUT2D eigenvalue weighted by Crippen LogP contribution is 2.26. The first-order chi connectivity index (χ1) is 17.7. The quantitative estimate of drug-likeness (QED) is 0.366. The number of hydrogen-bond acceptors (Lipinski definition) is 7. The maximum atomic E-state index is 11.2. The van der Waals surface area contributed by atoms with Crippen molar-refractivity contribution in [3.05, 3.63) is 84.1 Å². The molecule has 1 N–H and O–H groups in total. The SMILES string of the molecule is Cl.O=C(O)c1ccc(-c2cnc(N3CCOCC3)c3nc(C=Cc4ccc5ccccc5n4)cn23)nc1. The van der Waals surface area contributed by atoms with Gasteiger partial charge in [-0.3, -0.25) is 9.38 Å². The normalized spacial score (nSPS) is 13.8. The number of ether oxygens (including phenoxy) is 1. The minimum Gasteiger partial charge on any atom is -0.478 e. The molecule has 6 rings (SSSR count). The third kappa shape index (κ3) is 4.87. The van der Waals surface area contributed by atoms with Crippen LogP contribution in [0.2, 0.25) is 0 Å². The zero-order valence-corrected chi connectivity index (χ0v) is 20.5. The summed E-state index contributed by atoms with van der Waals surface area (Å²) in [5.74, 6) is -0.245. The molecule has 0 amide bonds. The Morgan fingerprint density at radius 2 is 1.73 bits per heavy atom. The molecule has 37 heavy (non-hydrogen) atoms. The highest BCUT2D eigenvalue weighted by atomic mass is 35.5. The minimum absolute atomic E-state index is 0. The second-order valence-corrected chi connectivity index (χ2v) is 8.43. The van der Waals surface area contributed by atoms with Crippen LogP contribution in [0.3, 0.4) is 0 Å². The molecule has 0 atom stereocenters. The third-order valence-corrected chi connectivity index (χ3v) is 6.12. The van der Waals surface area contributed by atoms with Crippen LogP contribution >= 0.6 is 12.4 Å². The van der Waals surface area contributed by atoms with Crippen molar-refractivity contribution in [1.29, 1.82) is 0 Å². The summed E-state index contributed by atoms with van der Waals surface area (Å²) in [7, 11) is 0. The van der Waals surface area contributed by atoms with Crippen LogP contribution in [0.5, 0.6) is 0 Å². The molecule has 5 heterocycles. The number of aromatic nitrogens is 5. The van der Waals surface area contributed by atoms with Gasteiger partial charge in [-0.05, 0) is 36.4 Å². The number of benzene rings is 1. The van der Waals surface area contributed by atoms with E-state index in [1.54, 1.807) is 12.3 Å². The molecule has 0 unspecified atom stereocenters. The molecule has 4 aromatic heterocycles. The van der Waals surface area contributed by atoms with E-state index in [-0.39, 0.29) is 18.0 Å². The van der Waals surface area contributed by atoms with Crippen LogP contribution < -0.4 is 4.90 Å². The zero-order valence-electron chi connectivity index (χ0n) is 19.7. The van der Waals surface area contributed by atoms with Crippen molar-refractivity contribution in [3.8, 4) is 11.4 Å². The van der Waals surface area contributed by atoms with Crippen molar-refractivity contribution in [2.45, 2.75) is 0 Å². The fraction of sp³-hybridized carbons (Fsp3) is 0.148. The van der Waals surface area contributed by atoms with E-state index in [4.69, 9.17) is 19.7 Å². The van der Waals surface area contributed by atoms with Gasteiger partial charge in [0.05, 0.1) is 53.3 Å². The molecular formula is C27H23ClN6O3. The van der Waals surface area contributed by atoms with Crippen molar-refractivity contribution in [1.82, 2.24) is 24.3 Å². The third-order valence-electron chi connectivity index (χ3n) is 6.12. The van der Waals surface area contributed by atoms with Gasteiger partial charge in [-0.15, -0.1) is 12.4 Å². The van der Waals surface area contributed by atoms with Gasteiger partial charge in [0.15, 0.2) is 11.5 Å². The Morgan fingerprint density at radius 3 is 2.51 bits per heavy atom. The lowest BCUT2D eigenvalue weighted by Gasteiger charge is -2.28. The number of morpholine rings is 1. The minimum atomic E-state index is -1.02. The molecule has 1 saturated heterocycles. The zero-order chi connectivity index (χ0) is 24.5. The summed E-state index contributed by atoms with van der Waals surface area (Å²) < 4.78 is 7.46. The smallest absolute Gasteiger partial charge is 0.337 e. The van der Waals surface area contributed by atoms with Crippen LogP contribution in [0.1, 0.15) is 21.7 Å². The molecule has 186 valence electrons. The predicted octanol–water partition coefficient (Wildman–Crippen LogP) is 4.47. The van der Waals surface area contributed by atoms with E-state index >= 15 is 0 Å². The number of imidazole rings is 1. The van der Waals surface area contributed by atoms with Crippen molar-refractivity contribution < 1.29 is 14.6 Å². The lowest BCUT2D eigenvalue weighted by Crippen LogP contribution is -2.37. The number of nitrogens with zero attached hydrogens (tertiary/aromatic N) is 6. The second-order valence-electron chi connectivity index (χ2n) is 8.43. The monoisotopic (exact) mass is 514 g/mol. The van der Waals surface area contributed by atoms with Crippen LogP contribution in [0, 0.1) is 0 Å². The second kappa shape index (κ2) is 10.3. The van der Waals surface area contributed by atoms with Gasteiger partial charge >= 0.3 is 5.97 Å². The van der Waals surface area contributed by atoms with E-state index in [1.807, 2.05) is 53.1 Å². The van der Waals surface area contributed by atoms with Crippen molar-refractivity contribution >= 4 is 52.9 Å². The van der Waals surface area contributed by atoms with E-state index in [9.17, 15) is 9.90 Å². The Morgan fingerprint density at radius 1 is 0.919 bits per heavy atom. The van der Waals surface area contributed by atoms with Gasteiger partial charge in [-0.25, -0.2) is 19.7 Å². The number of para-hydroxylation sites is 1. The maximum Gasteiger partial charge on any atom is 0.337 e. The molecule has 9 nitrogen and oxygen atoms in total. The van der Waals surface area contributed by atoms with Gasteiger partial charge in [-0.1, -0.05) is 24.3 Å². The molecule has 1 aromatic carbocycles. The first kappa shape index (κ1) is 24.4. The number of pyridine rings is 2. The number of carboxylic acid groups (broad SMARTS) is 1. The molecule has 0 saturated carbocycles. The number of hydrogen-bond donors (Lipinski definition) is 1. The fourth-order valence-electron chi connectivity index (χ4n) is 4.27. The summed E-state index contributed by atoms with van der Waals surface area (Å²) in [4.78, 5) is 32.1. The highest BCUT2D eigenvalue weighted by molar-refractivity contribution is 5.87. The Kier molecular flexibility index (Phi) is 6.80. The summed E-state index contributed by atoms with van der Waals surface area (Å²) in [6, 6.07) is 15.3. The summed E-state index contributed by atoms with van der Waals surface area (Å²) in [6.07, 6.45) is 8.90. The van der Waals surface area contributed by atoms with E-state index in [2.05, 4.69) is 16.0 Å². The molecule has 0 spiro atoms. The molecule has 1 aliphatic rings. The molecule has 0 aliphatic carbocycles. The van der Waals surface area contributed by atoms with Gasteiger partial charge in [0, 0.05) is 30.9 Å². The summed E-state index contributed by atoms with van der Waals surface area (Å²) >= 11 is 0. The van der Waals surface area contributed by atoms with E-state index in [0.29, 0.717) is 24.6 Å². The first-order valence-electron chi connectivity index (χ1n) is 11.6. The van der Waals surface area contributed by atoms with Gasteiger partial charge in [0.25, 0.3) is 0 Å². The average Bonchev–Trinajstić information content (AvgIpc) is 3.36. The Hall–Kier alpha value is -4.34. The fourth-order valence-corrected chi connectivity index (χ4v) is 4.27. The molecular weight excluding hydrogens is 492 g/mol. The molecule has 10 heteroatoms. The van der Waals surface area contributed by atoms with E-state index in [1.165, 1.54) is 12.3 Å². The highest BCUT2D eigenvalue weighted by Gasteiger charge is 2.20. The molecule has 1 fully saturated rings. The molecule has 0 radical (unpaired) electrons. The summed E-state index contributed by atoms with van der Waals surface area (Å²) in [5, 5.41) is 10.3. The Balaban J connectivity index is 0.00000280. The maximum absolute atomic E-state index is 11.2. The molecule has 1 aliphatic heterocycles. The summed E-state index contributed by atoms with van der Waals surface area (Å²) in [5.41, 5.74) is 4.67. The number of aromatic carboxylic acids is 1. The number of halogens is 1. The van der Waals surface area contributed by atoms with Gasteiger partial charge in [0.1, 0.15) is 0 Å². The molecule has 5 aromatic rings. The topological polar surface area (TPSA) is 106 Å². The largest absolute Gasteiger partial charge is 0.478 e. The predicted molar refractivity (Wildman–Crippen MR) is 144 cm³/mol. The number of carbonyl (C=O) groups is 1. The standard InChI is InChI=1S/C27H22N6O3.ClH/c34-27(35)19-6-10-23(28-15-19)24-16-29-25(32-11-13-36-14-12-32)26-31-21(17-33(24)26)9-8-20-7-5-18-3-1-2-4-22(18)30-20;/h1-10,15-17H,11-14H2,(H,34,35);1H. The summed E-state index contributed by atoms with van der Waals surface area (Å²) in [6.45, 7) is 2.73. The van der Waals surface area contributed by atoms with Crippen LogP contribution in [0.4, 0.5) is 5.82 Å². The number of carboxylic acids is 1. The van der Waals surface area contributed by atoms with E-state index < -0.39 is 5.97 Å². The molecule has 0 bridgehead atoms. The number of rotatable bonds is 5. The number of fused-ring (bicyclic) bond motifs is 2.